The Morgan fingerprint density at radius 2 is 1.63 bits per heavy atom. The molecule has 116 valence electrons. The summed E-state index contributed by atoms with van der Waals surface area (Å²) in [5, 5.41) is 3.68. The molecule has 0 aromatic heterocycles. The van der Waals surface area contributed by atoms with E-state index in [1.807, 2.05) is 0 Å². The number of nitrogens with one attached hydrogen (secondary N) is 1. The van der Waals surface area contributed by atoms with E-state index in [0.29, 0.717) is 11.5 Å². The largest absolute Gasteiger partial charge is 0.316 e. The molecule has 0 fully saturated rings. The summed E-state index contributed by atoms with van der Waals surface area (Å²) in [6.07, 6.45) is 5.11. The molecule has 0 heterocycles. The molecule has 0 aliphatic carbocycles. The summed E-state index contributed by atoms with van der Waals surface area (Å²) in [6.45, 7) is 17.4. The van der Waals surface area contributed by atoms with Gasteiger partial charge in [0.1, 0.15) is 0 Å². The van der Waals surface area contributed by atoms with Crippen LogP contribution in [0, 0.1) is 11.3 Å². The third-order valence-corrected chi connectivity index (χ3v) is 4.60. The molecule has 0 saturated carbocycles. The smallest absolute Gasteiger partial charge is 0.00640 e. The van der Waals surface area contributed by atoms with Crippen LogP contribution < -0.4 is 5.32 Å². The van der Waals surface area contributed by atoms with Gasteiger partial charge >= 0.3 is 0 Å². The Labute approximate surface area is 122 Å². The van der Waals surface area contributed by atoms with Gasteiger partial charge in [0.25, 0.3) is 0 Å². The van der Waals surface area contributed by atoms with Crippen LogP contribution in [0.15, 0.2) is 0 Å². The van der Waals surface area contributed by atoms with E-state index in [9.17, 15) is 0 Å². The van der Waals surface area contributed by atoms with Gasteiger partial charge in [-0.2, -0.15) is 0 Å². The van der Waals surface area contributed by atoms with Crippen molar-refractivity contribution in [3.05, 3.63) is 0 Å². The molecular formula is C17H38N2. The lowest BCUT2D eigenvalue weighted by molar-refractivity contribution is 0.122. The summed E-state index contributed by atoms with van der Waals surface area (Å²) in [5.74, 6) is 0.739. The average Bonchev–Trinajstić information content (AvgIpc) is 2.37. The zero-order valence-corrected chi connectivity index (χ0v) is 14.6. The van der Waals surface area contributed by atoms with Crippen LogP contribution in [-0.2, 0) is 0 Å². The van der Waals surface area contributed by atoms with Gasteiger partial charge in [0.05, 0.1) is 0 Å². The second kappa shape index (κ2) is 9.77. The van der Waals surface area contributed by atoms with Crippen LogP contribution in [0.25, 0.3) is 0 Å². The topological polar surface area (TPSA) is 15.3 Å². The molecule has 1 unspecified atom stereocenters. The monoisotopic (exact) mass is 270 g/mol. The van der Waals surface area contributed by atoms with Gasteiger partial charge in [0, 0.05) is 19.1 Å². The quantitative estimate of drug-likeness (QED) is 0.606. The first-order chi connectivity index (χ1) is 8.90. The average molecular weight is 271 g/mol. The van der Waals surface area contributed by atoms with Gasteiger partial charge < -0.3 is 10.2 Å². The Balaban J connectivity index is 4.43. The van der Waals surface area contributed by atoms with Gasteiger partial charge in [-0.15, -0.1) is 0 Å². The van der Waals surface area contributed by atoms with Gasteiger partial charge in [-0.25, -0.2) is 0 Å². The SMILES string of the molecule is CCCC(C)N(C)CC(CC)(CC)CNCC(C)C. The van der Waals surface area contributed by atoms with Crippen molar-refractivity contribution in [1.29, 1.82) is 0 Å². The number of hydrogen-bond donors (Lipinski definition) is 1. The van der Waals surface area contributed by atoms with E-state index in [-0.39, 0.29) is 0 Å². The van der Waals surface area contributed by atoms with Crippen LogP contribution in [0.4, 0.5) is 0 Å². The molecular weight excluding hydrogens is 232 g/mol. The second-order valence-electron chi connectivity index (χ2n) is 6.78. The fraction of sp³-hybridized carbons (Fsp3) is 1.00. The fourth-order valence-corrected chi connectivity index (χ4v) is 2.73. The van der Waals surface area contributed by atoms with Gasteiger partial charge in [-0.05, 0) is 51.1 Å². The summed E-state index contributed by atoms with van der Waals surface area (Å²) in [5.41, 5.74) is 0.436. The molecule has 2 heteroatoms. The predicted molar refractivity (Wildman–Crippen MR) is 87.7 cm³/mol. The van der Waals surface area contributed by atoms with E-state index in [2.05, 4.69) is 58.8 Å². The van der Waals surface area contributed by atoms with Crippen LogP contribution >= 0.6 is 0 Å². The highest BCUT2D eigenvalue weighted by Gasteiger charge is 2.28. The van der Waals surface area contributed by atoms with Crippen molar-refractivity contribution in [3.8, 4) is 0 Å². The molecule has 0 radical (unpaired) electrons. The Morgan fingerprint density at radius 1 is 1.05 bits per heavy atom. The first kappa shape index (κ1) is 18.9. The first-order valence-corrected chi connectivity index (χ1v) is 8.31. The highest BCUT2D eigenvalue weighted by molar-refractivity contribution is 4.83. The summed E-state index contributed by atoms with van der Waals surface area (Å²) < 4.78 is 0. The minimum Gasteiger partial charge on any atom is -0.316 e. The molecule has 1 atom stereocenters. The molecule has 0 aromatic carbocycles. The minimum absolute atomic E-state index is 0.436. The maximum absolute atomic E-state index is 3.68. The molecule has 2 nitrogen and oxygen atoms in total. The Kier molecular flexibility index (Phi) is 9.72. The van der Waals surface area contributed by atoms with Crippen LogP contribution in [0.5, 0.6) is 0 Å². The standard InChI is InChI=1S/C17H38N2/c1-8-11-16(6)19(7)14-17(9-2,10-3)13-18-12-15(4)5/h15-16,18H,8-14H2,1-7H3. The summed E-state index contributed by atoms with van der Waals surface area (Å²) in [4.78, 5) is 2.56. The number of nitrogens with zero attached hydrogens (tertiary/aromatic N) is 1. The normalized spacial score (nSPS) is 14.4. The van der Waals surface area contributed by atoms with E-state index >= 15 is 0 Å². The molecule has 0 aliphatic rings. The van der Waals surface area contributed by atoms with Crippen LogP contribution in [-0.4, -0.2) is 37.6 Å². The minimum atomic E-state index is 0.436. The van der Waals surface area contributed by atoms with Crippen LogP contribution in [0.3, 0.4) is 0 Å². The lowest BCUT2D eigenvalue weighted by Gasteiger charge is -2.38. The van der Waals surface area contributed by atoms with Crippen molar-refractivity contribution >= 4 is 0 Å². The maximum atomic E-state index is 3.68. The van der Waals surface area contributed by atoms with E-state index < -0.39 is 0 Å². The van der Waals surface area contributed by atoms with E-state index in [1.165, 1.54) is 32.2 Å². The summed E-state index contributed by atoms with van der Waals surface area (Å²) in [7, 11) is 2.29. The Hall–Kier alpha value is -0.0800. The zero-order valence-electron chi connectivity index (χ0n) is 14.6. The highest BCUT2D eigenvalue weighted by Crippen LogP contribution is 2.27. The third kappa shape index (κ3) is 7.31. The molecule has 0 aromatic rings. The molecule has 0 aliphatic heterocycles. The van der Waals surface area contributed by atoms with Crippen molar-refractivity contribution in [3.63, 3.8) is 0 Å². The van der Waals surface area contributed by atoms with Gasteiger partial charge in [-0.3, -0.25) is 0 Å². The van der Waals surface area contributed by atoms with E-state index in [0.717, 1.165) is 19.0 Å². The van der Waals surface area contributed by atoms with Gasteiger partial charge in [0.15, 0.2) is 0 Å². The van der Waals surface area contributed by atoms with Crippen molar-refractivity contribution in [2.45, 2.75) is 73.3 Å². The third-order valence-electron chi connectivity index (χ3n) is 4.60. The van der Waals surface area contributed by atoms with Crippen LogP contribution in [0.1, 0.15) is 67.2 Å². The van der Waals surface area contributed by atoms with Crippen molar-refractivity contribution < 1.29 is 0 Å². The molecule has 0 amide bonds. The van der Waals surface area contributed by atoms with Crippen molar-refractivity contribution in [1.82, 2.24) is 10.2 Å². The van der Waals surface area contributed by atoms with Crippen LogP contribution in [0.2, 0.25) is 0 Å². The summed E-state index contributed by atoms with van der Waals surface area (Å²) in [6, 6.07) is 0.701. The predicted octanol–water partition coefficient (Wildman–Crippen LogP) is 4.16. The van der Waals surface area contributed by atoms with Crippen molar-refractivity contribution in [2.24, 2.45) is 11.3 Å². The Morgan fingerprint density at radius 3 is 2.05 bits per heavy atom. The number of rotatable bonds is 11. The van der Waals surface area contributed by atoms with Gasteiger partial charge in [0.2, 0.25) is 0 Å². The lowest BCUT2D eigenvalue weighted by Crippen LogP contribution is -2.45. The van der Waals surface area contributed by atoms with E-state index in [4.69, 9.17) is 0 Å². The van der Waals surface area contributed by atoms with Crippen molar-refractivity contribution in [2.75, 3.05) is 26.7 Å². The van der Waals surface area contributed by atoms with E-state index in [1.54, 1.807) is 0 Å². The fourth-order valence-electron chi connectivity index (χ4n) is 2.73. The number of hydrogen-bond acceptors (Lipinski definition) is 2. The lowest BCUT2D eigenvalue weighted by atomic mass is 9.81. The van der Waals surface area contributed by atoms with Gasteiger partial charge in [-0.1, -0.05) is 41.0 Å². The molecule has 0 saturated heterocycles. The summed E-state index contributed by atoms with van der Waals surface area (Å²) >= 11 is 0. The second-order valence-corrected chi connectivity index (χ2v) is 6.78. The molecule has 0 spiro atoms. The molecule has 0 bridgehead atoms. The molecule has 1 N–H and O–H groups in total. The highest BCUT2D eigenvalue weighted by atomic mass is 15.1. The maximum Gasteiger partial charge on any atom is 0.00640 e. The first-order valence-electron chi connectivity index (χ1n) is 8.31. The molecule has 19 heavy (non-hydrogen) atoms. The Bertz CT molecular complexity index is 209. The zero-order chi connectivity index (χ0) is 14.9. The molecule has 0 rings (SSSR count).